The van der Waals surface area contributed by atoms with Gasteiger partial charge in [-0.05, 0) is 31.0 Å². The number of nitrogens with one attached hydrogen (secondary N) is 1. The van der Waals surface area contributed by atoms with Crippen LogP contribution in [0.25, 0.3) is 0 Å². The summed E-state index contributed by atoms with van der Waals surface area (Å²) in [5, 5.41) is 3.33. The Kier molecular flexibility index (Phi) is 3.20. The van der Waals surface area contributed by atoms with E-state index in [-0.39, 0.29) is 0 Å². The highest BCUT2D eigenvalue weighted by Gasteiger charge is 2.28. The summed E-state index contributed by atoms with van der Waals surface area (Å²) < 4.78 is 0. The van der Waals surface area contributed by atoms with Crippen molar-refractivity contribution in [3.8, 4) is 0 Å². The lowest BCUT2D eigenvalue weighted by atomic mass is 9.95. The number of benzene rings is 1. The second-order valence-electron chi connectivity index (χ2n) is 5.06. The normalized spacial score (nSPS) is 16.7. The molecule has 1 fully saturated rings. The number of para-hydroxylation sites is 1. The van der Waals surface area contributed by atoms with Gasteiger partial charge in [0.1, 0.15) is 0 Å². The summed E-state index contributed by atoms with van der Waals surface area (Å²) in [5.74, 6) is 0.600. The molecule has 0 bridgehead atoms. The Morgan fingerprint density at radius 1 is 1.31 bits per heavy atom. The predicted octanol–water partition coefficient (Wildman–Crippen LogP) is 2.53. The van der Waals surface area contributed by atoms with E-state index in [4.69, 9.17) is 0 Å². The minimum Gasteiger partial charge on any atom is -0.368 e. The van der Waals surface area contributed by atoms with Gasteiger partial charge in [0.2, 0.25) is 0 Å². The first-order valence-electron chi connectivity index (χ1n) is 6.15. The fourth-order valence-corrected chi connectivity index (χ4v) is 2.42. The number of anilines is 1. The molecule has 1 aromatic rings. The van der Waals surface area contributed by atoms with E-state index >= 15 is 0 Å². The van der Waals surface area contributed by atoms with E-state index in [9.17, 15) is 0 Å². The maximum Gasteiger partial charge on any atom is 0.0432 e. The van der Waals surface area contributed by atoms with E-state index in [0.29, 0.717) is 12.0 Å². The highest BCUT2D eigenvalue weighted by Crippen LogP contribution is 2.33. The van der Waals surface area contributed by atoms with Crippen LogP contribution in [0.15, 0.2) is 18.2 Å². The fourth-order valence-electron chi connectivity index (χ4n) is 2.42. The van der Waals surface area contributed by atoms with Crippen LogP contribution in [0.2, 0.25) is 0 Å². The van der Waals surface area contributed by atoms with Gasteiger partial charge in [0, 0.05) is 24.8 Å². The van der Waals surface area contributed by atoms with Crippen LogP contribution in [0.5, 0.6) is 0 Å². The first kappa shape index (κ1) is 11.5. The van der Waals surface area contributed by atoms with E-state index in [1.165, 1.54) is 16.8 Å². The van der Waals surface area contributed by atoms with Crippen molar-refractivity contribution in [1.29, 1.82) is 0 Å². The van der Waals surface area contributed by atoms with Gasteiger partial charge in [-0.15, -0.1) is 0 Å². The van der Waals surface area contributed by atoms with Gasteiger partial charge in [-0.1, -0.05) is 32.0 Å². The lowest BCUT2D eigenvalue weighted by Crippen LogP contribution is -2.57. The number of likely N-dealkylation sites (N-methyl/N-ethyl adjacent to an activating group) is 1. The molecule has 0 saturated carbocycles. The number of aryl methyl sites for hydroxylation is 1. The standard InChI is InChI=1S/C14H22N2/c1-10(2)13-7-5-6-11(3)14(13)16-8-12(9-16)15-4/h5-7,10,12,15H,8-9H2,1-4H3. The Balaban J connectivity index is 2.26. The van der Waals surface area contributed by atoms with Gasteiger partial charge in [0.05, 0.1) is 0 Å². The van der Waals surface area contributed by atoms with E-state index in [0.717, 1.165) is 13.1 Å². The first-order valence-corrected chi connectivity index (χ1v) is 6.15. The fraction of sp³-hybridized carbons (Fsp3) is 0.571. The maximum absolute atomic E-state index is 3.33. The molecule has 0 aromatic heterocycles. The van der Waals surface area contributed by atoms with Crippen LogP contribution in [0.3, 0.4) is 0 Å². The number of hydrogen-bond acceptors (Lipinski definition) is 2. The van der Waals surface area contributed by atoms with E-state index in [2.05, 4.69) is 49.2 Å². The van der Waals surface area contributed by atoms with Crippen molar-refractivity contribution in [1.82, 2.24) is 5.32 Å². The largest absolute Gasteiger partial charge is 0.368 e. The molecule has 2 heteroatoms. The molecule has 0 radical (unpaired) electrons. The molecule has 1 aliphatic heterocycles. The maximum atomic E-state index is 3.33. The summed E-state index contributed by atoms with van der Waals surface area (Å²) >= 11 is 0. The van der Waals surface area contributed by atoms with Crippen molar-refractivity contribution in [2.24, 2.45) is 0 Å². The first-order chi connectivity index (χ1) is 7.63. The zero-order valence-corrected chi connectivity index (χ0v) is 10.7. The lowest BCUT2D eigenvalue weighted by molar-refractivity contribution is 0.448. The van der Waals surface area contributed by atoms with Crippen molar-refractivity contribution in [3.63, 3.8) is 0 Å². The molecule has 88 valence electrons. The zero-order chi connectivity index (χ0) is 11.7. The quantitative estimate of drug-likeness (QED) is 0.838. The molecule has 16 heavy (non-hydrogen) atoms. The van der Waals surface area contributed by atoms with Crippen LogP contribution in [0, 0.1) is 6.92 Å². The van der Waals surface area contributed by atoms with Gasteiger partial charge in [-0.2, -0.15) is 0 Å². The smallest absolute Gasteiger partial charge is 0.0432 e. The molecule has 0 unspecified atom stereocenters. The summed E-state index contributed by atoms with van der Waals surface area (Å²) in [6, 6.07) is 7.32. The Morgan fingerprint density at radius 3 is 2.56 bits per heavy atom. The molecule has 0 aliphatic carbocycles. The topological polar surface area (TPSA) is 15.3 Å². The molecule has 2 rings (SSSR count). The van der Waals surface area contributed by atoms with Crippen molar-refractivity contribution < 1.29 is 0 Å². The molecular formula is C14H22N2. The third-order valence-corrected chi connectivity index (χ3v) is 3.50. The molecule has 0 spiro atoms. The van der Waals surface area contributed by atoms with Crippen LogP contribution >= 0.6 is 0 Å². The van der Waals surface area contributed by atoms with E-state index < -0.39 is 0 Å². The van der Waals surface area contributed by atoms with Gasteiger partial charge in [0.15, 0.2) is 0 Å². The average molecular weight is 218 g/mol. The molecule has 1 heterocycles. The summed E-state index contributed by atoms with van der Waals surface area (Å²) in [4.78, 5) is 2.49. The summed E-state index contributed by atoms with van der Waals surface area (Å²) in [5.41, 5.74) is 4.35. The SMILES string of the molecule is CNC1CN(c2c(C)cccc2C(C)C)C1. The number of rotatable bonds is 3. The minimum absolute atomic E-state index is 0.600. The number of nitrogens with zero attached hydrogens (tertiary/aromatic N) is 1. The van der Waals surface area contributed by atoms with Crippen LogP contribution in [-0.2, 0) is 0 Å². The lowest BCUT2D eigenvalue weighted by Gasteiger charge is -2.43. The zero-order valence-electron chi connectivity index (χ0n) is 10.7. The third-order valence-electron chi connectivity index (χ3n) is 3.50. The van der Waals surface area contributed by atoms with Crippen LogP contribution in [-0.4, -0.2) is 26.2 Å². The summed E-state index contributed by atoms with van der Waals surface area (Å²) in [6.45, 7) is 9.04. The van der Waals surface area contributed by atoms with Gasteiger partial charge in [-0.25, -0.2) is 0 Å². The second-order valence-corrected chi connectivity index (χ2v) is 5.06. The Bertz CT molecular complexity index is 365. The highest BCUT2D eigenvalue weighted by molar-refractivity contribution is 5.62. The molecule has 1 saturated heterocycles. The van der Waals surface area contributed by atoms with Gasteiger partial charge >= 0.3 is 0 Å². The van der Waals surface area contributed by atoms with Crippen molar-refractivity contribution >= 4 is 5.69 Å². The van der Waals surface area contributed by atoms with Crippen molar-refractivity contribution in [2.45, 2.75) is 32.7 Å². The Labute approximate surface area is 98.7 Å². The molecule has 0 amide bonds. The summed E-state index contributed by atoms with van der Waals surface area (Å²) in [7, 11) is 2.04. The Morgan fingerprint density at radius 2 is 2.00 bits per heavy atom. The van der Waals surface area contributed by atoms with Crippen molar-refractivity contribution in [2.75, 3.05) is 25.0 Å². The minimum atomic E-state index is 0.600. The third kappa shape index (κ3) is 1.94. The van der Waals surface area contributed by atoms with Gasteiger partial charge < -0.3 is 10.2 Å². The molecule has 1 aromatic carbocycles. The van der Waals surface area contributed by atoms with Gasteiger partial charge in [0.25, 0.3) is 0 Å². The molecule has 2 nitrogen and oxygen atoms in total. The Hall–Kier alpha value is -1.02. The summed E-state index contributed by atoms with van der Waals surface area (Å²) in [6.07, 6.45) is 0. The van der Waals surface area contributed by atoms with E-state index in [1.54, 1.807) is 0 Å². The van der Waals surface area contributed by atoms with Gasteiger partial charge in [-0.3, -0.25) is 0 Å². The highest BCUT2D eigenvalue weighted by atomic mass is 15.2. The molecular weight excluding hydrogens is 196 g/mol. The van der Waals surface area contributed by atoms with Crippen LogP contribution in [0.1, 0.15) is 30.9 Å². The monoisotopic (exact) mass is 218 g/mol. The molecule has 1 N–H and O–H groups in total. The van der Waals surface area contributed by atoms with E-state index in [1.807, 2.05) is 7.05 Å². The molecule has 1 aliphatic rings. The van der Waals surface area contributed by atoms with Crippen molar-refractivity contribution in [3.05, 3.63) is 29.3 Å². The second kappa shape index (κ2) is 4.46. The molecule has 0 atom stereocenters. The number of hydrogen-bond donors (Lipinski definition) is 1. The van der Waals surface area contributed by atoms with Crippen LogP contribution < -0.4 is 10.2 Å². The average Bonchev–Trinajstić information content (AvgIpc) is 2.18. The predicted molar refractivity (Wildman–Crippen MR) is 70.3 cm³/mol. The van der Waals surface area contributed by atoms with Crippen LogP contribution in [0.4, 0.5) is 5.69 Å².